The lowest BCUT2D eigenvalue weighted by Gasteiger charge is -2.50. The van der Waals surface area contributed by atoms with Crippen LogP contribution in [-0.4, -0.2) is 47.6 Å². The molecule has 3 aliphatic rings. The van der Waals surface area contributed by atoms with Crippen molar-refractivity contribution in [3.63, 3.8) is 0 Å². The Bertz CT molecular complexity index is 274. The molecule has 2 atom stereocenters. The second-order valence-corrected chi connectivity index (χ2v) is 8.30. The van der Waals surface area contributed by atoms with Gasteiger partial charge in [0.15, 0.2) is 0 Å². The molecule has 2 saturated heterocycles. The topological polar surface area (TPSA) is 15.3 Å². The Morgan fingerprint density at radius 1 is 1.00 bits per heavy atom. The second kappa shape index (κ2) is 6.36. The minimum absolute atomic E-state index is 0.732. The molecule has 2 bridgehead atoms. The van der Waals surface area contributed by atoms with Gasteiger partial charge < -0.3 is 10.2 Å². The molecule has 3 rings (SSSR count). The zero-order valence-corrected chi connectivity index (χ0v) is 13.4. The van der Waals surface area contributed by atoms with Gasteiger partial charge in [-0.1, -0.05) is 6.42 Å². The normalized spacial score (nSPS) is 37.7. The third-order valence-electron chi connectivity index (χ3n) is 5.48. The summed E-state index contributed by atoms with van der Waals surface area (Å²) in [4.78, 5) is 2.73. The van der Waals surface area contributed by atoms with E-state index in [1.54, 1.807) is 0 Å². The Morgan fingerprint density at radius 2 is 1.63 bits per heavy atom. The molecule has 0 aromatic rings. The largest absolute Gasteiger partial charge is 0.311 e. The number of nitrogens with one attached hydrogen (secondary N) is 1. The fourth-order valence-corrected chi connectivity index (χ4v) is 5.41. The van der Waals surface area contributed by atoms with Crippen molar-refractivity contribution >= 4 is 11.8 Å². The highest BCUT2D eigenvalue weighted by Crippen LogP contribution is 2.36. The Morgan fingerprint density at radius 3 is 2.21 bits per heavy atom. The Balaban J connectivity index is 1.61. The lowest BCUT2D eigenvalue weighted by molar-refractivity contribution is 0.0245. The molecule has 2 aliphatic heterocycles. The third kappa shape index (κ3) is 3.30. The molecule has 0 amide bonds. The van der Waals surface area contributed by atoms with Crippen molar-refractivity contribution < 1.29 is 0 Å². The number of nitrogens with zero attached hydrogens (tertiary/aromatic N) is 1. The van der Waals surface area contributed by atoms with Crippen LogP contribution in [0.4, 0.5) is 0 Å². The van der Waals surface area contributed by atoms with Crippen LogP contribution < -0.4 is 5.32 Å². The first kappa shape index (κ1) is 14.2. The maximum Gasteiger partial charge on any atom is 0.0151 e. The second-order valence-electron chi connectivity index (χ2n) is 7.08. The molecule has 3 fully saturated rings. The molecule has 19 heavy (non-hydrogen) atoms. The van der Waals surface area contributed by atoms with E-state index >= 15 is 0 Å². The predicted molar refractivity (Wildman–Crippen MR) is 84.8 cm³/mol. The number of thioether (sulfide) groups is 1. The van der Waals surface area contributed by atoms with Gasteiger partial charge in [-0.25, -0.2) is 0 Å². The van der Waals surface area contributed by atoms with Gasteiger partial charge in [-0.3, -0.25) is 0 Å². The quantitative estimate of drug-likeness (QED) is 0.857. The highest BCUT2D eigenvalue weighted by atomic mass is 32.2. The molecule has 1 N–H and O–H groups in total. The summed E-state index contributed by atoms with van der Waals surface area (Å²) in [6.07, 6.45) is 7.18. The van der Waals surface area contributed by atoms with E-state index < -0.39 is 0 Å². The number of hydrogen-bond acceptors (Lipinski definition) is 3. The van der Waals surface area contributed by atoms with Crippen molar-refractivity contribution in [2.45, 2.75) is 64.1 Å². The van der Waals surface area contributed by atoms with E-state index in [1.807, 2.05) is 0 Å². The van der Waals surface area contributed by atoms with Gasteiger partial charge in [0.2, 0.25) is 0 Å². The third-order valence-corrected chi connectivity index (χ3v) is 6.53. The van der Waals surface area contributed by atoms with E-state index in [1.165, 1.54) is 56.7 Å². The lowest BCUT2D eigenvalue weighted by atomic mass is 9.72. The highest BCUT2D eigenvalue weighted by molar-refractivity contribution is 7.99. The van der Waals surface area contributed by atoms with Crippen molar-refractivity contribution in [2.24, 2.45) is 11.8 Å². The summed E-state index contributed by atoms with van der Waals surface area (Å²) in [5.74, 6) is 4.59. The van der Waals surface area contributed by atoms with E-state index in [0.29, 0.717) is 0 Å². The van der Waals surface area contributed by atoms with Gasteiger partial charge in [0, 0.05) is 31.2 Å². The van der Waals surface area contributed by atoms with Gasteiger partial charge in [-0.2, -0.15) is 11.8 Å². The van der Waals surface area contributed by atoms with Gasteiger partial charge in [-0.15, -0.1) is 0 Å². The first-order valence-corrected chi connectivity index (χ1v) is 9.47. The highest BCUT2D eigenvalue weighted by Gasteiger charge is 2.40. The molecule has 0 aromatic carbocycles. The van der Waals surface area contributed by atoms with Crippen LogP contribution in [0.2, 0.25) is 0 Å². The standard InChI is InChI=1S/C16H30N2S/c1-12(2)18-10-13-4-3-5-14(11-18)16(13)17-15-6-8-19-9-7-15/h12-17H,3-11H2,1-2H3. The molecule has 1 saturated carbocycles. The molecule has 110 valence electrons. The van der Waals surface area contributed by atoms with Crippen LogP contribution in [0, 0.1) is 11.8 Å². The first-order valence-electron chi connectivity index (χ1n) is 8.32. The van der Waals surface area contributed by atoms with Crippen LogP contribution in [0.15, 0.2) is 0 Å². The fourth-order valence-electron chi connectivity index (χ4n) is 4.30. The molecule has 1 aliphatic carbocycles. The summed E-state index contributed by atoms with van der Waals surface area (Å²) in [5.41, 5.74) is 0. The molecule has 0 spiro atoms. The van der Waals surface area contributed by atoms with Gasteiger partial charge >= 0.3 is 0 Å². The van der Waals surface area contributed by atoms with E-state index in [0.717, 1.165) is 30.0 Å². The van der Waals surface area contributed by atoms with Crippen LogP contribution in [0.5, 0.6) is 0 Å². The Kier molecular flexibility index (Phi) is 4.76. The summed E-state index contributed by atoms with van der Waals surface area (Å²) in [7, 11) is 0. The predicted octanol–water partition coefficient (Wildman–Crippen LogP) is 2.98. The number of hydrogen-bond donors (Lipinski definition) is 1. The molecule has 2 nitrogen and oxygen atoms in total. The molecule has 0 radical (unpaired) electrons. The summed E-state index contributed by atoms with van der Waals surface area (Å²) < 4.78 is 0. The van der Waals surface area contributed by atoms with E-state index in [2.05, 4.69) is 35.8 Å². The number of piperidine rings is 1. The maximum atomic E-state index is 4.08. The number of fused-ring (bicyclic) bond motifs is 2. The van der Waals surface area contributed by atoms with Crippen molar-refractivity contribution in [2.75, 3.05) is 24.6 Å². The number of likely N-dealkylation sites (tertiary alicyclic amines) is 1. The molecule has 0 aromatic heterocycles. The number of rotatable bonds is 3. The summed E-state index contributed by atoms with van der Waals surface area (Å²) in [5, 5.41) is 4.08. The lowest BCUT2D eigenvalue weighted by Crippen LogP contribution is -2.60. The fraction of sp³-hybridized carbons (Fsp3) is 1.00. The van der Waals surface area contributed by atoms with Crippen LogP contribution >= 0.6 is 11.8 Å². The summed E-state index contributed by atoms with van der Waals surface area (Å²) in [6.45, 7) is 7.41. The average molecular weight is 282 g/mol. The SMILES string of the molecule is CC(C)N1CC2CCCC(C1)C2NC1CCSCC1. The van der Waals surface area contributed by atoms with E-state index in [4.69, 9.17) is 0 Å². The van der Waals surface area contributed by atoms with Crippen LogP contribution in [0.3, 0.4) is 0 Å². The van der Waals surface area contributed by atoms with Crippen LogP contribution in [-0.2, 0) is 0 Å². The van der Waals surface area contributed by atoms with Crippen LogP contribution in [0.1, 0.15) is 46.0 Å². The van der Waals surface area contributed by atoms with Gasteiger partial charge in [0.1, 0.15) is 0 Å². The summed E-state index contributed by atoms with van der Waals surface area (Å²) >= 11 is 2.14. The average Bonchev–Trinajstić information content (AvgIpc) is 2.39. The first-order chi connectivity index (χ1) is 9.24. The molecular weight excluding hydrogens is 252 g/mol. The van der Waals surface area contributed by atoms with Crippen LogP contribution in [0.25, 0.3) is 0 Å². The minimum atomic E-state index is 0.732. The zero-order chi connectivity index (χ0) is 13.2. The van der Waals surface area contributed by atoms with Gasteiger partial charge in [-0.05, 0) is 62.9 Å². The molecular formula is C16H30N2S. The zero-order valence-electron chi connectivity index (χ0n) is 12.6. The van der Waals surface area contributed by atoms with Crippen molar-refractivity contribution in [1.82, 2.24) is 10.2 Å². The van der Waals surface area contributed by atoms with Crippen molar-refractivity contribution in [3.05, 3.63) is 0 Å². The Labute approximate surface area is 123 Å². The van der Waals surface area contributed by atoms with E-state index in [-0.39, 0.29) is 0 Å². The molecule has 2 unspecified atom stereocenters. The smallest absolute Gasteiger partial charge is 0.0151 e. The summed E-state index contributed by atoms with van der Waals surface area (Å²) in [6, 6.07) is 2.38. The minimum Gasteiger partial charge on any atom is -0.311 e. The van der Waals surface area contributed by atoms with Crippen molar-refractivity contribution in [3.8, 4) is 0 Å². The van der Waals surface area contributed by atoms with Gasteiger partial charge in [0.25, 0.3) is 0 Å². The van der Waals surface area contributed by atoms with Gasteiger partial charge in [0.05, 0.1) is 0 Å². The molecule has 3 heteroatoms. The monoisotopic (exact) mass is 282 g/mol. The Hall–Kier alpha value is 0.270. The van der Waals surface area contributed by atoms with Crippen molar-refractivity contribution in [1.29, 1.82) is 0 Å². The van der Waals surface area contributed by atoms with E-state index in [9.17, 15) is 0 Å². The molecule has 2 heterocycles. The maximum absolute atomic E-state index is 4.08.